The number of likely N-dealkylation sites (tertiary alicyclic amines) is 1. The molecule has 1 unspecified atom stereocenters. The number of nitrogens with zero attached hydrogens (tertiary/aromatic N) is 1. The molecule has 2 rings (SSSR count). The number of esters is 1. The second-order valence-corrected chi connectivity index (χ2v) is 4.61. The van der Waals surface area contributed by atoms with Crippen LogP contribution in [0.25, 0.3) is 0 Å². The smallest absolute Gasteiger partial charge is 0.309 e. The van der Waals surface area contributed by atoms with Gasteiger partial charge in [-0.25, -0.2) is 0 Å². The quantitative estimate of drug-likeness (QED) is 0.754. The first-order valence-corrected chi connectivity index (χ1v) is 6.04. The summed E-state index contributed by atoms with van der Waals surface area (Å²) in [7, 11) is 1.46. The Kier molecular flexibility index (Phi) is 3.84. The van der Waals surface area contributed by atoms with Crippen LogP contribution in [0.5, 0.6) is 0 Å². The van der Waals surface area contributed by atoms with Gasteiger partial charge in [-0.05, 0) is 38.4 Å². The van der Waals surface area contributed by atoms with Gasteiger partial charge in [-0.15, -0.1) is 0 Å². The van der Waals surface area contributed by atoms with Gasteiger partial charge in [-0.2, -0.15) is 0 Å². The van der Waals surface area contributed by atoms with E-state index in [1.165, 1.54) is 7.11 Å². The number of ether oxygens (including phenoxy) is 1. The number of aryl methyl sites for hydroxylation is 1. The molecule has 94 valence electrons. The molecule has 1 aromatic rings. The molecule has 4 nitrogen and oxygen atoms in total. The van der Waals surface area contributed by atoms with Gasteiger partial charge in [0.1, 0.15) is 11.5 Å². The maximum absolute atomic E-state index is 11.5. The van der Waals surface area contributed by atoms with Crippen molar-refractivity contribution in [2.45, 2.75) is 26.3 Å². The lowest BCUT2D eigenvalue weighted by Crippen LogP contribution is -2.38. The highest BCUT2D eigenvalue weighted by molar-refractivity contribution is 5.72. The van der Waals surface area contributed by atoms with Gasteiger partial charge in [0.25, 0.3) is 0 Å². The van der Waals surface area contributed by atoms with Crippen LogP contribution >= 0.6 is 0 Å². The van der Waals surface area contributed by atoms with Crippen molar-refractivity contribution in [1.29, 1.82) is 0 Å². The predicted octanol–water partition coefficient (Wildman–Crippen LogP) is 1.97. The Bertz CT molecular complexity index is 386. The second-order valence-electron chi connectivity index (χ2n) is 4.61. The molecule has 1 aromatic heterocycles. The van der Waals surface area contributed by atoms with Crippen LogP contribution in [-0.2, 0) is 16.1 Å². The molecule has 17 heavy (non-hydrogen) atoms. The molecular weight excluding hydrogens is 218 g/mol. The van der Waals surface area contributed by atoms with Crippen molar-refractivity contribution in [1.82, 2.24) is 4.90 Å². The number of carbonyl (C=O) groups is 1. The minimum Gasteiger partial charge on any atom is -0.469 e. The monoisotopic (exact) mass is 237 g/mol. The lowest BCUT2D eigenvalue weighted by molar-refractivity contribution is -0.147. The first-order valence-electron chi connectivity index (χ1n) is 6.04. The van der Waals surface area contributed by atoms with Crippen molar-refractivity contribution in [3.63, 3.8) is 0 Å². The third-order valence-electron chi connectivity index (χ3n) is 3.22. The lowest BCUT2D eigenvalue weighted by Gasteiger charge is -2.30. The summed E-state index contributed by atoms with van der Waals surface area (Å²) in [5, 5.41) is 0. The normalized spacial score (nSPS) is 21.4. The van der Waals surface area contributed by atoms with E-state index in [0.29, 0.717) is 0 Å². The van der Waals surface area contributed by atoms with E-state index in [4.69, 9.17) is 9.15 Å². The maximum Gasteiger partial charge on any atom is 0.309 e. The summed E-state index contributed by atoms with van der Waals surface area (Å²) < 4.78 is 10.4. The predicted molar refractivity (Wildman–Crippen MR) is 63.5 cm³/mol. The van der Waals surface area contributed by atoms with Crippen molar-refractivity contribution in [3.05, 3.63) is 23.7 Å². The number of rotatable bonds is 3. The van der Waals surface area contributed by atoms with E-state index in [2.05, 4.69) is 4.90 Å². The Morgan fingerprint density at radius 3 is 3.06 bits per heavy atom. The summed E-state index contributed by atoms with van der Waals surface area (Å²) in [5.41, 5.74) is 0. The summed E-state index contributed by atoms with van der Waals surface area (Å²) in [5.74, 6) is 1.82. The summed E-state index contributed by atoms with van der Waals surface area (Å²) >= 11 is 0. The Morgan fingerprint density at radius 1 is 1.59 bits per heavy atom. The standard InChI is InChI=1S/C13H19NO3/c1-10-5-6-12(17-10)9-14-7-3-4-11(8-14)13(15)16-2/h5-6,11H,3-4,7-9H2,1-2H3. The zero-order valence-electron chi connectivity index (χ0n) is 10.4. The molecule has 1 fully saturated rings. The molecule has 2 heterocycles. The fourth-order valence-corrected chi connectivity index (χ4v) is 2.35. The van der Waals surface area contributed by atoms with Gasteiger partial charge >= 0.3 is 5.97 Å². The molecule has 0 amide bonds. The summed E-state index contributed by atoms with van der Waals surface area (Å²) in [6.07, 6.45) is 1.97. The molecule has 0 aliphatic carbocycles. The van der Waals surface area contributed by atoms with E-state index in [1.54, 1.807) is 0 Å². The first-order chi connectivity index (χ1) is 8.19. The van der Waals surface area contributed by atoms with Crippen molar-refractivity contribution in [2.24, 2.45) is 5.92 Å². The van der Waals surface area contributed by atoms with Gasteiger partial charge in [0, 0.05) is 6.54 Å². The van der Waals surface area contributed by atoms with Gasteiger partial charge in [0.05, 0.1) is 19.6 Å². The minimum atomic E-state index is -0.0923. The average molecular weight is 237 g/mol. The van der Waals surface area contributed by atoms with Crippen LogP contribution in [0.4, 0.5) is 0 Å². The first kappa shape index (κ1) is 12.2. The molecule has 1 saturated heterocycles. The lowest BCUT2D eigenvalue weighted by atomic mass is 9.98. The molecule has 1 aliphatic rings. The number of hydrogen-bond donors (Lipinski definition) is 0. The molecule has 0 saturated carbocycles. The van der Waals surface area contributed by atoms with Gasteiger partial charge in [-0.3, -0.25) is 9.69 Å². The third kappa shape index (κ3) is 3.09. The van der Waals surface area contributed by atoms with Crippen LogP contribution in [-0.4, -0.2) is 31.1 Å². The summed E-state index contributed by atoms with van der Waals surface area (Å²) in [4.78, 5) is 13.7. The van der Waals surface area contributed by atoms with Gasteiger partial charge in [0.2, 0.25) is 0 Å². The number of piperidine rings is 1. The fourth-order valence-electron chi connectivity index (χ4n) is 2.35. The van der Waals surface area contributed by atoms with Crippen LogP contribution in [0.2, 0.25) is 0 Å². The van der Waals surface area contributed by atoms with Crippen LogP contribution in [0.15, 0.2) is 16.5 Å². The zero-order valence-corrected chi connectivity index (χ0v) is 10.4. The zero-order chi connectivity index (χ0) is 12.3. The third-order valence-corrected chi connectivity index (χ3v) is 3.22. The molecular formula is C13H19NO3. The SMILES string of the molecule is COC(=O)C1CCCN(Cc2ccc(C)o2)C1. The minimum absolute atomic E-state index is 0.0183. The molecule has 0 aromatic carbocycles. The van der Waals surface area contributed by atoms with Crippen molar-refractivity contribution in [3.8, 4) is 0 Å². The highest BCUT2D eigenvalue weighted by Crippen LogP contribution is 2.20. The van der Waals surface area contributed by atoms with E-state index in [-0.39, 0.29) is 11.9 Å². The number of methoxy groups -OCH3 is 1. The van der Waals surface area contributed by atoms with Crippen LogP contribution in [0.3, 0.4) is 0 Å². The fraction of sp³-hybridized carbons (Fsp3) is 0.615. The maximum atomic E-state index is 11.5. The van der Waals surface area contributed by atoms with E-state index < -0.39 is 0 Å². The number of hydrogen-bond acceptors (Lipinski definition) is 4. The molecule has 1 aliphatic heterocycles. The van der Waals surface area contributed by atoms with E-state index in [0.717, 1.165) is 44.0 Å². The van der Waals surface area contributed by atoms with Crippen molar-refractivity contribution < 1.29 is 13.9 Å². The largest absolute Gasteiger partial charge is 0.469 e. The Hall–Kier alpha value is -1.29. The average Bonchev–Trinajstić information content (AvgIpc) is 2.74. The highest BCUT2D eigenvalue weighted by atomic mass is 16.5. The molecule has 4 heteroatoms. The Labute approximate surface area is 102 Å². The summed E-state index contributed by atoms with van der Waals surface area (Å²) in [6.45, 7) is 4.51. The van der Waals surface area contributed by atoms with E-state index in [1.807, 2.05) is 19.1 Å². The molecule has 0 radical (unpaired) electrons. The highest BCUT2D eigenvalue weighted by Gasteiger charge is 2.26. The van der Waals surface area contributed by atoms with Crippen LogP contribution in [0.1, 0.15) is 24.4 Å². The van der Waals surface area contributed by atoms with Crippen LogP contribution < -0.4 is 0 Å². The van der Waals surface area contributed by atoms with Crippen molar-refractivity contribution >= 4 is 5.97 Å². The molecule has 0 spiro atoms. The second kappa shape index (κ2) is 5.36. The van der Waals surface area contributed by atoms with Gasteiger partial charge in [0.15, 0.2) is 0 Å². The summed E-state index contributed by atoms with van der Waals surface area (Å²) in [6, 6.07) is 3.97. The molecule has 0 N–H and O–H groups in total. The number of carbonyl (C=O) groups excluding carboxylic acids is 1. The number of furan rings is 1. The molecule has 0 bridgehead atoms. The van der Waals surface area contributed by atoms with E-state index >= 15 is 0 Å². The van der Waals surface area contributed by atoms with Gasteiger partial charge in [-0.1, -0.05) is 0 Å². The Balaban J connectivity index is 1.91. The topological polar surface area (TPSA) is 42.7 Å². The van der Waals surface area contributed by atoms with Gasteiger partial charge < -0.3 is 9.15 Å². The van der Waals surface area contributed by atoms with E-state index in [9.17, 15) is 4.79 Å². The van der Waals surface area contributed by atoms with Crippen molar-refractivity contribution in [2.75, 3.05) is 20.2 Å². The Morgan fingerprint density at radius 2 is 2.41 bits per heavy atom. The van der Waals surface area contributed by atoms with Crippen LogP contribution in [0, 0.1) is 12.8 Å². The molecule has 1 atom stereocenters.